The number of fused-ring (bicyclic) bond motifs is 2. The molecule has 1 saturated heterocycles. The Morgan fingerprint density at radius 1 is 1.29 bits per heavy atom. The van der Waals surface area contributed by atoms with E-state index in [1.165, 1.54) is 14.2 Å². The standard InChI is InChI=1S/C19H28ClN6O8P/c1-6-31-16(27)17(35(28,29-4)30-5)32-8-9-7-10(13-12(9)33-19(2,3)34-13)26-15-11(24-25-26)14(21)22-18(20)23-15/h9-10,12-13,17H,6-8H2,1-5H3,(H2,21,22,23)/t9-,10-,12-,13+,17?/m1/s1. The zero-order valence-corrected chi connectivity index (χ0v) is 21.6. The summed E-state index contributed by atoms with van der Waals surface area (Å²) in [7, 11) is -1.59. The summed E-state index contributed by atoms with van der Waals surface area (Å²) >= 11 is 6.01. The van der Waals surface area contributed by atoms with E-state index in [0.29, 0.717) is 17.6 Å². The molecule has 4 rings (SSSR count). The predicted octanol–water partition coefficient (Wildman–Crippen LogP) is 1.93. The van der Waals surface area contributed by atoms with E-state index >= 15 is 0 Å². The molecule has 1 saturated carbocycles. The number of ether oxygens (including phenoxy) is 4. The van der Waals surface area contributed by atoms with Crippen molar-refractivity contribution in [1.82, 2.24) is 25.0 Å². The smallest absolute Gasteiger partial charge is 0.370 e. The first-order valence-electron chi connectivity index (χ1n) is 10.9. The van der Waals surface area contributed by atoms with Crippen LogP contribution in [0.5, 0.6) is 0 Å². The van der Waals surface area contributed by atoms with Crippen LogP contribution in [0.15, 0.2) is 0 Å². The molecular formula is C19H28ClN6O8P. The van der Waals surface area contributed by atoms with Crippen LogP contribution in [-0.2, 0) is 37.4 Å². The zero-order valence-electron chi connectivity index (χ0n) is 19.9. The Morgan fingerprint density at radius 2 is 1.97 bits per heavy atom. The summed E-state index contributed by atoms with van der Waals surface area (Å²) < 4.78 is 47.7. The van der Waals surface area contributed by atoms with E-state index in [1.54, 1.807) is 25.5 Å². The number of carbonyl (C=O) groups excluding carboxylic acids is 1. The molecule has 2 aliphatic rings. The Kier molecular flexibility index (Phi) is 7.36. The second-order valence-corrected chi connectivity index (χ2v) is 11.2. The van der Waals surface area contributed by atoms with E-state index in [4.69, 9.17) is 45.3 Å². The highest BCUT2D eigenvalue weighted by Crippen LogP contribution is 2.53. The lowest BCUT2D eigenvalue weighted by molar-refractivity contribution is -0.166. The molecule has 5 atom stereocenters. The number of hydrogen-bond donors (Lipinski definition) is 1. The van der Waals surface area contributed by atoms with Gasteiger partial charge in [-0.3, -0.25) is 4.57 Å². The van der Waals surface area contributed by atoms with Crippen LogP contribution in [0.1, 0.15) is 33.2 Å². The molecule has 1 aliphatic carbocycles. The van der Waals surface area contributed by atoms with Crippen LogP contribution >= 0.6 is 19.2 Å². The van der Waals surface area contributed by atoms with Crippen molar-refractivity contribution in [3.8, 4) is 0 Å². The van der Waals surface area contributed by atoms with Gasteiger partial charge in [0.05, 0.1) is 25.4 Å². The molecule has 2 aromatic heterocycles. The fourth-order valence-corrected chi connectivity index (χ4v) is 5.79. The summed E-state index contributed by atoms with van der Waals surface area (Å²) in [5, 5.41) is 8.29. The number of aromatic nitrogens is 5. The largest absolute Gasteiger partial charge is 0.464 e. The van der Waals surface area contributed by atoms with Gasteiger partial charge in [0.25, 0.3) is 5.85 Å². The van der Waals surface area contributed by atoms with Crippen molar-refractivity contribution in [3.05, 3.63) is 5.28 Å². The normalized spacial score (nSPS) is 26.7. The maximum Gasteiger partial charge on any atom is 0.370 e. The number of esters is 1. The first-order valence-corrected chi connectivity index (χ1v) is 12.9. The monoisotopic (exact) mass is 534 g/mol. The van der Waals surface area contributed by atoms with E-state index in [9.17, 15) is 9.36 Å². The highest BCUT2D eigenvalue weighted by Gasteiger charge is 2.56. The molecule has 16 heteroatoms. The van der Waals surface area contributed by atoms with Crippen LogP contribution in [0, 0.1) is 5.92 Å². The van der Waals surface area contributed by atoms with Gasteiger partial charge in [-0.05, 0) is 38.8 Å². The average molecular weight is 535 g/mol. The van der Waals surface area contributed by atoms with Crippen molar-refractivity contribution >= 4 is 42.1 Å². The maximum absolute atomic E-state index is 13.0. The highest BCUT2D eigenvalue weighted by molar-refractivity contribution is 7.55. The van der Waals surface area contributed by atoms with Crippen LogP contribution in [-0.4, -0.2) is 82.2 Å². The van der Waals surface area contributed by atoms with Crippen LogP contribution < -0.4 is 5.73 Å². The van der Waals surface area contributed by atoms with E-state index in [-0.39, 0.29) is 36.3 Å². The Labute approximate surface area is 206 Å². The fraction of sp³-hybridized carbons (Fsp3) is 0.737. The summed E-state index contributed by atoms with van der Waals surface area (Å²) in [6.45, 7) is 5.26. The van der Waals surface area contributed by atoms with E-state index in [2.05, 4.69) is 20.3 Å². The molecule has 1 unspecified atom stereocenters. The van der Waals surface area contributed by atoms with Gasteiger partial charge >= 0.3 is 13.6 Å². The number of nitrogen functional groups attached to an aromatic ring is 1. The highest BCUT2D eigenvalue weighted by atomic mass is 35.5. The topological polar surface area (TPSA) is 172 Å². The van der Waals surface area contributed by atoms with Gasteiger partial charge < -0.3 is 33.7 Å². The van der Waals surface area contributed by atoms with Gasteiger partial charge in [0.1, 0.15) is 6.10 Å². The van der Waals surface area contributed by atoms with Gasteiger partial charge in [0, 0.05) is 20.1 Å². The second kappa shape index (κ2) is 9.85. The van der Waals surface area contributed by atoms with E-state index in [1.807, 2.05) is 0 Å². The molecule has 0 bridgehead atoms. The number of rotatable bonds is 9. The number of nitrogens with zero attached hydrogens (tertiary/aromatic N) is 5. The number of nitrogens with two attached hydrogens (primary N) is 1. The molecule has 2 aromatic rings. The quantitative estimate of drug-likeness (QED) is 0.281. The van der Waals surface area contributed by atoms with Gasteiger partial charge in [-0.25, -0.2) is 9.48 Å². The van der Waals surface area contributed by atoms with Crippen molar-refractivity contribution in [2.24, 2.45) is 5.92 Å². The van der Waals surface area contributed by atoms with Crippen molar-refractivity contribution in [2.45, 2.75) is 57.1 Å². The molecule has 0 aromatic carbocycles. The number of carbonyl (C=O) groups is 1. The molecule has 35 heavy (non-hydrogen) atoms. The number of halogens is 1. The molecule has 14 nitrogen and oxygen atoms in total. The summed E-state index contributed by atoms with van der Waals surface area (Å²) in [6.07, 6.45) is -0.432. The molecule has 194 valence electrons. The predicted molar refractivity (Wildman–Crippen MR) is 122 cm³/mol. The fourth-order valence-electron chi connectivity index (χ4n) is 4.49. The third-order valence-electron chi connectivity index (χ3n) is 5.94. The third-order valence-corrected chi connectivity index (χ3v) is 8.06. The number of hydrogen-bond acceptors (Lipinski definition) is 13. The first-order chi connectivity index (χ1) is 16.5. The summed E-state index contributed by atoms with van der Waals surface area (Å²) in [4.78, 5) is 20.7. The molecular weight excluding hydrogens is 507 g/mol. The van der Waals surface area contributed by atoms with Gasteiger partial charge in [-0.15, -0.1) is 5.10 Å². The Balaban J connectivity index is 1.62. The summed E-state index contributed by atoms with van der Waals surface area (Å²) in [6, 6.07) is -0.372. The molecule has 2 fully saturated rings. The SMILES string of the molecule is CCOC(=O)C(OC[C@H]1C[C@@H](n2nnc3c(N)nc(Cl)nc32)[C@@H]2OC(C)(C)O[C@H]12)P(=O)(OC)OC. The minimum Gasteiger partial charge on any atom is -0.464 e. The first kappa shape index (κ1) is 26.1. The maximum atomic E-state index is 13.0. The van der Waals surface area contributed by atoms with Crippen molar-refractivity contribution in [3.63, 3.8) is 0 Å². The van der Waals surface area contributed by atoms with Crippen LogP contribution in [0.25, 0.3) is 11.2 Å². The summed E-state index contributed by atoms with van der Waals surface area (Å²) in [5.41, 5.74) is 6.59. The van der Waals surface area contributed by atoms with E-state index < -0.39 is 37.4 Å². The average Bonchev–Trinajstić information content (AvgIpc) is 3.45. The van der Waals surface area contributed by atoms with Gasteiger partial charge in [-0.2, -0.15) is 9.97 Å². The van der Waals surface area contributed by atoms with Crippen molar-refractivity contribution in [2.75, 3.05) is 33.2 Å². The second-order valence-electron chi connectivity index (χ2n) is 8.55. The lowest BCUT2D eigenvalue weighted by atomic mass is 10.1. The molecule has 1 aliphatic heterocycles. The molecule has 3 heterocycles. The minimum absolute atomic E-state index is 0.0260. The summed E-state index contributed by atoms with van der Waals surface area (Å²) in [5.74, 6) is -3.48. The van der Waals surface area contributed by atoms with Crippen molar-refractivity contribution < 1.29 is 37.4 Å². The Bertz CT molecular complexity index is 1140. The van der Waals surface area contributed by atoms with Crippen LogP contribution in [0.2, 0.25) is 5.28 Å². The third kappa shape index (κ3) is 4.88. The Hall–Kier alpha value is -1.93. The minimum atomic E-state index is -3.94. The lowest BCUT2D eigenvalue weighted by Gasteiger charge is -2.26. The van der Waals surface area contributed by atoms with E-state index in [0.717, 1.165) is 0 Å². The zero-order chi connectivity index (χ0) is 25.5. The Morgan fingerprint density at radius 3 is 2.63 bits per heavy atom. The molecule has 0 spiro atoms. The van der Waals surface area contributed by atoms with Crippen molar-refractivity contribution in [1.29, 1.82) is 0 Å². The van der Waals surface area contributed by atoms with Gasteiger partial charge in [0.2, 0.25) is 5.28 Å². The lowest BCUT2D eigenvalue weighted by Crippen LogP contribution is -2.33. The van der Waals surface area contributed by atoms with Crippen LogP contribution in [0.4, 0.5) is 5.82 Å². The van der Waals surface area contributed by atoms with Crippen LogP contribution in [0.3, 0.4) is 0 Å². The van der Waals surface area contributed by atoms with Gasteiger partial charge in [0.15, 0.2) is 22.8 Å². The molecule has 0 radical (unpaired) electrons. The molecule has 0 amide bonds. The number of anilines is 1. The van der Waals surface area contributed by atoms with Gasteiger partial charge in [-0.1, -0.05) is 5.21 Å². The molecule has 2 N–H and O–H groups in total.